The van der Waals surface area contributed by atoms with Crippen molar-refractivity contribution in [1.29, 1.82) is 0 Å². The van der Waals surface area contributed by atoms with Crippen molar-refractivity contribution in [3.05, 3.63) is 0 Å². The molecule has 1 rings (SSSR count). The Kier molecular flexibility index (Phi) is 1.60. The van der Waals surface area contributed by atoms with Gasteiger partial charge in [0.2, 0.25) is 6.17 Å². The highest BCUT2D eigenvalue weighted by Crippen LogP contribution is 2.13. The number of carbonyl (C=O) groups is 2. The number of hydrogen-bond donors (Lipinski definition) is 0. The molecule has 0 aromatic rings. The lowest BCUT2D eigenvalue weighted by Gasteiger charge is -2.10. The first-order valence-corrected chi connectivity index (χ1v) is 2.91. The van der Waals surface area contributed by atoms with E-state index in [0.717, 1.165) is 0 Å². The lowest BCUT2D eigenvalue weighted by molar-refractivity contribution is -0.136. The Labute approximate surface area is 52.0 Å². The number of Topliss-reactive ketones (excluding diaryl/α,β-unsaturated/α-hetero) is 2. The van der Waals surface area contributed by atoms with Gasteiger partial charge in [-0.1, -0.05) is 0 Å². The van der Waals surface area contributed by atoms with Crippen LogP contribution in [0.4, 0.5) is 4.39 Å². The molecule has 0 radical (unpaired) electrons. The normalized spacial score (nSPS) is 22.8. The third-order valence-electron chi connectivity index (χ3n) is 1.41. The summed E-state index contributed by atoms with van der Waals surface area (Å²) in [7, 11) is 0. The Morgan fingerprint density at radius 3 is 2.00 bits per heavy atom. The van der Waals surface area contributed by atoms with Gasteiger partial charge >= 0.3 is 0 Å². The van der Waals surface area contributed by atoms with E-state index in [1.54, 1.807) is 0 Å². The summed E-state index contributed by atoms with van der Waals surface area (Å²) in [6.07, 6.45) is -0.823. The summed E-state index contributed by atoms with van der Waals surface area (Å²) in [5.41, 5.74) is 0. The van der Waals surface area contributed by atoms with Crippen molar-refractivity contribution in [2.24, 2.45) is 0 Å². The third-order valence-corrected chi connectivity index (χ3v) is 1.41. The van der Waals surface area contributed by atoms with Crippen LogP contribution in [0.5, 0.6) is 0 Å². The molecule has 0 atom stereocenters. The first-order chi connectivity index (χ1) is 4.22. The second-order valence-electron chi connectivity index (χ2n) is 2.15. The number of alkyl halides is 1. The summed E-state index contributed by atoms with van der Waals surface area (Å²) in [5, 5.41) is 0. The van der Waals surface area contributed by atoms with Gasteiger partial charge in [0.15, 0.2) is 11.6 Å². The van der Waals surface area contributed by atoms with Gasteiger partial charge in [-0.25, -0.2) is 4.39 Å². The van der Waals surface area contributed by atoms with Crippen LogP contribution in [0.1, 0.15) is 19.3 Å². The fraction of sp³-hybridized carbons (Fsp3) is 0.667. The molecule has 0 bridgehead atoms. The molecule has 0 aromatic heterocycles. The van der Waals surface area contributed by atoms with Crippen LogP contribution in [-0.2, 0) is 9.59 Å². The molecule has 2 nitrogen and oxygen atoms in total. The Hall–Kier alpha value is -0.730. The highest BCUT2D eigenvalue weighted by atomic mass is 19.1. The van der Waals surface area contributed by atoms with E-state index in [4.69, 9.17) is 0 Å². The number of ketones is 2. The lowest BCUT2D eigenvalue weighted by atomic mass is 9.96. The predicted molar refractivity (Wildman–Crippen MR) is 28.8 cm³/mol. The zero-order valence-electron chi connectivity index (χ0n) is 4.89. The van der Waals surface area contributed by atoms with E-state index in [0.29, 0.717) is 6.42 Å². The van der Waals surface area contributed by atoms with Crippen LogP contribution < -0.4 is 0 Å². The van der Waals surface area contributed by atoms with E-state index >= 15 is 0 Å². The fourth-order valence-electron chi connectivity index (χ4n) is 0.870. The van der Waals surface area contributed by atoms with Gasteiger partial charge < -0.3 is 0 Å². The summed E-state index contributed by atoms with van der Waals surface area (Å²) < 4.78 is 12.3. The van der Waals surface area contributed by atoms with Gasteiger partial charge in [0.05, 0.1) is 0 Å². The van der Waals surface area contributed by atoms with E-state index in [-0.39, 0.29) is 12.8 Å². The summed E-state index contributed by atoms with van der Waals surface area (Å²) >= 11 is 0. The zero-order valence-corrected chi connectivity index (χ0v) is 4.89. The van der Waals surface area contributed by atoms with Crippen LogP contribution in [0.2, 0.25) is 0 Å². The van der Waals surface area contributed by atoms with Gasteiger partial charge in [0.25, 0.3) is 0 Å². The van der Waals surface area contributed by atoms with Gasteiger partial charge in [0, 0.05) is 12.8 Å². The molecule has 0 saturated heterocycles. The van der Waals surface area contributed by atoms with Crippen LogP contribution in [0.25, 0.3) is 0 Å². The topological polar surface area (TPSA) is 34.1 Å². The van der Waals surface area contributed by atoms with Crippen molar-refractivity contribution >= 4 is 11.6 Å². The summed E-state index contributed by atoms with van der Waals surface area (Å²) in [6, 6.07) is 0. The van der Waals surface area contributed by atoms with E-state index in [9.17, 15) is 14.0 Å². The smallest absolute Gasteiger partial charge is 0.216 e. The second kappa shape index (κ2) is 2.25. The maximum Gasteiger partial charge on any atom is 0.216 e. The fourth-order valence-corrected chi connectivity index (χ4v) is 0.870. The number of carbonyl (C=O) groups excluding carboxylic acids is 2. The van der Waals surface area contributed by atoms with Gasteiger partial charge in [0.1, 0.15) is 0 Å². The van der Waals surface area contributed by atoms with Crippen LogP contribution in [-0.4, -0.2) is 17.7 Å². The van der Waals surface area contributed by atoms with Crippen LogP contribution >= 0.6 is 0 Å². The maximum atomic E-state index is 12.3. The quantitative estimate of drug-likeness (QED) is 0.451. The molecular formula is C6H7FO2. The average molecular weight is 130 g/mol. The molecule has 1 aliphatic carbocycles. The predicted octanol–water partition coefficient (Wildman–Crippen LogP) is 0.647. The van der Waals surface area contributed by atoms with Crippen LogP contribution in [0, 0.1) is 0 Å². The Morgan fingerprint density at radius 2 is 1.67 bits per heavy atom. The van der Waals surface area contributed by atoms with Crippen molar-refractivity contribution in [2.75, 3.05) is 0 Å². The monoisotopic (exact) mass is 130 g/mol. The molecule has 0 N–H and O–H groups in total. The Bertz CT molecular complexity index is 137. The Balaban J connectivity index is 2.62. The average Bonchev–Trinajstić information content (AvgIpc) is 1.83. The van der Waals surface area contributed by atoms with Crippen molar-refractivity contribution in [3.63, 3.8) is 0 Å². The van der Waals surface area contributed by atoms with Gasteiger partial charge in [-0.15, -0.1) is 0 Å². The molecule has 0 heterocycles. The van der Waals surface area contributed by atoms with Crippen LogP contribution in [0.3, 0.4) is 0 Å². The molecule has 1 aliphatic rings. The SMILES string of the molecule is O=C1CCCC(=O)C1F. The van der Waals surface area contributed by atoms with Gasteiger partial charge in [-0.05, 0) is 6.42 Å². The number of hydrogen-bond acceptors (Lipinski definition) is 2. The molecule has 50 valence electrons. The molecule has 0 aliphatic heterocycles. The molecule has 0 unspecified atom stereocenters. The van der Waals surface area contributed by atoms with Crippen molar-refractivity contribution in [1.82, 2.24) is 0 Å². The van der Waals surface area contributed by atoms with Gasteiger partial charge in [-0.2, -0.15) is 0 Å². The highest BCUT2D eigenvalue weighted by Gasteiger charge is 2.28. The molecule has 1 saturated carbocycles. The first kappa shape index (κ1) is 6.39. The van der Waals surface area contributed by atoms with Crippen molar-refractivity contribution in [3.8, 4) is 0 Å². The zero-order chi connectivity index (χ0) is 6.85. The maximum absolute atomic E-state index is 12.3. The molecule has 9 heavy (non-hydrogen) atoms. The summed E-state index contributed by atoms with van der Waals surface area (Å²) in [5.74, 6) is -1.10. The minimum absolute atomic E-state index is 0.229. The van der Waals surface area contributed by atoms with E-state index in [1.165, 1.54) is 0 Å². The molecule has 3 heteroatoms. The van der Waals surface area contributed by atoms with Gasteiger partial charge in [-0.3, -0.25) is 9.59 Å². The molecule has 0 spiro atoms. The van der Waals surface area contributed by atoms with Crippen molar-refractivity contribution in [2.45, 2.75) is 25.4 Å². The van der Waals surface area contributed by atoms with E-state index < -0.39 is 17.7 Å². The molecule has 0 amide bonds. The molecule has 0 aromatic carbocycles. The standard InChI is InChI=1S/C6H7FO2/c7-6-4(8)2-1-3-5(6)9/h6H,1-3H2. The summed E-state index contributed by atoms with van der Waals surface area (Å²) in [4.78, 5) is 20.8. The van der Waals surface area contributed by atoms with Crippen molar-refractivity contribution < 1.29 is 14.0 Å². The largest absolute Gasteiger partial charge is 0.296 e. The highest BCUT2D eigenvalue weighted by molar-refractivity contribution is 6.06. The second-order valence-corrected chi connectivity index (χ2v) is 2.15. The third kappa shape index (κ3) is 1.15. The van der Waals surface area contributed by atoms with E-state index in [2.05, 4.69) is 0 Å². The minimum atomic E-state index is -1.81. The molecular weight excluding hydrogens is 123 g/mol. The summed E-state index contributed by atoms with van der Waals surface area (Å²) in [6.45, 7) is 0. The number of halogens is 1. The number of rotatable bonds is 0. The molecule has 1 fully saturated rings. The lowest BCUT2D eigenvalue weighted by Crippen LogP contribution is -2.29. The van der Waals surface area contributed by atoms with Crippen LogP contribution in [0.15, 0.2) is 0 Å². The first-order valence-electron chi connectivity index (χ1n) is 2.91. The minimum Gasteiger partial charge on any atom is -0.296 e. The Morgan fingerprint density at radius 1 is 1.22 bits per heavy atom. The van der Waals surface area contributed by atoms with E-state index in [1.807, 2.05) is 0 Å².